The lowest BCUT2D eigenvalue weighted by molar-refractivity contribution is 0.607. The molecule has 1 fully saturated rings. The van der Waals surface area contributed by atoms with E-state index in [9.17, 15) is 12.8 Å². The molecule has 0 spiro atoms. The van der Waals surface area contributed by atoms with Gasteiger partial charge in [-0.2, -0.15) is 5.10 Å². The van der Waals surface area contributed by atoms with Crippen molar-refractivity contribution in [2.45, 2.75) is 23.7 Å². The number of nitrogens with zero attached hydrogens (tertiary/aromatic N) is 2. The summed E-state index contributed by atoms with van der Waals surface area (Å²) in [6, 6.07) is 4.08. The highest BCUT2D eigenvalue weighted by atomic mass is 35.7. The van der Waals surface area contributed by atoms with Crippen LogP contribution in [-0.2, 0) is 9.05 Å². The topological polar surface area (TPSA) is 52.0 Å². The van der Waals surface area contributed by atoms with Crippen molar-refractivity contribution in [1.82, 2.24) is 9.78 Å². The first kappa shape index (κ1) is 15.1. The molecule has 0 saturated heterocycles. The van der Waals surface area contributed by atoms with E-state index in [1.54, 1.807) is 0 Å². The average molecular weight is 370 g/mol. The van der Waals surface area contributed by atoms with Crippen LogP contribution in [0.1, 0.15) is 24.5 Å². The van der Waals surface area contributed by atoms with Crippen molar-refractivity contribution >= 4 is 42.9 Å². The molecule has 0 amide bonds. The van der Waals surface area contributed by atoms with Crippen LogP contribution in [0.15, 0.2) is 23.1 Å². The lowest BCUT2D eigenvalue weighted by atomic mass is 10.3. The van der Waals surface area contributed by atoms with Gasteiger partial charge in [0, 0.05) is 16.6 Å². The summed E-state index contributed by atoms with van der Waals surface area (Å²) in [4.78, 5) is -0.271. The number of hydrogen-bond donors (Lipinski definition) is 0. The molecule has 4 nitrogen and oxygen atoms in total. The van der Waals surface area contributed by atoms with Crippen LogP contribution in [0, 0.1) is 5.82 Å². The first-order valence-electron chi connectivity index (χ1n) is 5.98. The summed E-state index contributed by atoms with van der Waals surface area (Å²) in [5, 5.41) is 3.93. The standard InChI is InChI=1S/C12H8Cl3FN2O2S/c13-7-2-1-3-8(16)10(7)18-12(14)11(21(15,19)20)9(17-18)6-4-5-6/h1-3,6H,4-5H2. The molecule has 9 heteroatoms. The van der Waals surface area contributed by atoms with Gasteiger partial charge in [0.05, 0.1) is 10.7 Å². The highest BCUT2D eigenvalue weighted by Gasteiger charge is 2.37. The number of aromatic nitrogens is 2. The highest BCUT2D eigenvalue weighted by molar-refractivity contribution is 8.13. The SMILES string of the molecule is O=S(=O)(Cl)c1c(C2CC2)nn(-c2c(F)cccc2Cl)c1Cl. The third-order valence-electron chi connectivity index (χ3n) is 3.17. The largest absolute Gasteiger partial charge is 0.266 e. The van der Waals surface area contributed by atoms with Crippen LogP contribution in [0.3, 0.4) is 0 Å². The minimum atomic E-state index is -4.09. The van der Waals surface area contributed by atoms with Gasteiger partial charge in [0.2, 0.25) is 0 Å². The fourth-order valence-corrected chi connectivity index (χ4v) is 4.17. The summed E-state index contributed by atoms with van der Waals surface area (Å²) in [6.45, 7) is 0. The Morgan fingerprint density at radius 3 is 2.48 bits per heavy atom. The van der Waals surface area contributed by atoms with E-state index in [1.165, 1.54) is 18.2 Å². The second kappa shape index (κ2) is 5.12. The Morgan fingerprint density at radius 1 is 1.29 bits per heavy atom. The van der Waals surface area contributed by atoms with E-state index in [-0.39, 0.29) is 32.4 Å². The predicted octanol–water partition coefficient (Wildman–Crippen LogP) is 4.12. The Hall–Kier alpha value is -0.820. The van der Waals surface area contributed by atoms with E-state index in [4.69, 9.17) is 33.9 Å². The van der Waals surface area contributed by atoms with E-state index in [1.807, 2.05) is 0 Å². The Kier molecular flexibility index (Phi) is 3.68. The summed E-state index contributed by atoms with van der Waals surface area (Å²) in [5.74, 6) is -0.689. The number of benzene rings is 1. The molecule has 0 unspecified atom stereocenters. The zero-order chi connectivity index (χ0) is 15.4. The molecule has 2 aromatic rings. The van der Waals surface area contributed by atoms with Gasteiger partial charge in [0.25, 0.3) is 9.05 Å². The van der Waals surface area contributed by atoms with E-state index >= 15 is 0 Å². The van der Waals surface area contributed by atoms with Crippen molar-refractivity contribution < 1.29 is 12.8 Å². The molecule has 21 heavy (non-hydrogen) atoms. The predicted molar refractivity (Wildman–Crippen MR) is 78.6 cm³/mol. The van der Waals surface area contributed by atoms with Gasteiger partial charge in [-0.3, -0.25) is 0 Å². The summed E-state index contributed by atoms with van der Waals surface area (Å²) in [5.41, 5.74) is 0.159. The Bertz CT molecular complexity index is 811. The Morgan fingerprint density at radius 2 is 1.95 bits per heavy atom. The molecule has 1 aliphatic rings. The number of hydrogen-bond acceptors (Lipinski definition) is 3. The van der Waals surface area contributed by atoms with Crippen LogP contribution < -0.4 is 0 Å². The highest BCUT2D eigenvalue weighted by Crippen LogP contribution is 2.45. The monoisotopic (exact) mass is 368 g/mol. The van der Waals surface area contributed by atoms with Crippen LogP contribution in [0.5, 0.6) is 0 Å². The van der Waals surface area contributed by atoms with Gasteiger partial charge in [-0.05, 0) is 25.0 Å². The van der Waals surface area contributed by atoms with E-state index < -0.39 is 14.9 Å². The number of rotatable bonds is 3. The van der Waals surface area contributed by atoms with Gasteiger partial charge in [-0.15, -0.1) is 0 Å². The second-order valence-corrected chi connectivity index (χ2v) is 7.97. The van der Waals surface area contributed by atoms with E-state index in [2.05, 4.69) is 5.10 Å². The van der Waals surface area contributed by atoms with E-state index in [0.29, 0.717) is 0 Å². The number of halogens is 4. The quantitative estimate of drug-likeness (QED) is 0.765. The van der Waals surface area contributed by atoms with Gasteiger partial charge in [0.1, 0.15) is 16.4 Å². The zero-order valence-corrected chi connectivity index (χ0v) is 13.4. The third kappa shape index (κ3) is 2.65. The molecule has 1 heterocycles. The first-order chi connectivity index (χ1) is 9.80. The molecule has 0 bridgehead atoms. The van der Waals surface area contributed by atoms with Crippen LogP contribution in [-0.4, -0.2) is 18.2 Å². The molecule has 1 aromatic heterocycles. The minimum Gasteiger partial charge on any atom is -0.216 e. The van der Waals surface area contributed by atoms with Crippen LogP contribution >= 0.6 is 33.9 Å². The number of para-hydroxylation sites is 1. The van der Waals surface area contributed by atoms with Crippen molar-refractivity contribution in [1.29, 1.82) is 0 Å². The molecule has 112 valence electrons. The molecule has 0 radical (unpaired) electrons. The second-order valence-electron chi connectivity index (χ2n) is 4.70. The molecular formula is C12H8Cl3FN2O2S. The maximum atomic E-state index is 14.0. The van der Waals surface area contributed by atoms with Gasteiger partial charge in [-0.1, -0.05) is 29.3 Å². The lowest BCUT2D eigenvalue weighted by Crippen LogP contribution is -2.01. The Labute approximate surface area is 134 Å². The fourth-order valence-electron chi connectivity index (χ4n) is 2.09. The normalized spacial score (nSPS) is 15.4. The molecule has 1 aliphatic carbocycles. The van der Waals surface area contributed by atoms with Gasteiger partial charge < -0.3 is 0 Å². The van der Waals surface area contributed by atoms with Gasteiger partial charge >= 0.3 is 0 Å². The summed E-state index contributed by atoms with van der Waals surface area (Å²) < 4.78 is 38.4. The molecule has 0 N–H and O–H groups in total. The maximum absolute atomic E-state index is 14.0. The molecule has 0 atom stereocenters. The van der Waals surface area contributed by atoms with Gasteiger partial charge in [0.15, 0.2) is 5.15 Å². The molecule has 1 saturated carbocycles. The average Bonchev–Trinajstić information content (AvgIpc) is 3.13. The maximum Gasteiger partial charge on any atom is 0.266 e. The van der Waals surface area contributed by atoms with Crippen molar-refractivity contribution in [2.75, 3.05) is 0 Å². The fraction of sp³-hybridized carbons (Fsp3) is 0.250. The smallest absolute Gasteiger partial charge is 0.216 e. The summed E-state index contributed by atoms with van der Waals surface area (Å²) in [6.07, 6.45) is 1.58. The zero-order valence-electron chi connectivity index (χ0n) is 10.4. The van der Waals surface area contributed by atoms with Crippen molar-refractivity contribution in [3.63, 3.8) is 0 Å². The molecule has 1 aromatic carbocycles. The van der Waals surface area contributed by atoms with Crippen molar-refractivity contribution in [3.05, 3.63) is 39.9 Å². The van der Waals surface area contributed by atoms with Crippen molar-refractivity contribution in [2.24, 2.45) is 0 Å². The lowest BCUT2D eigenvalue weighted by Gasteiger charge is -2.06. The molecular weight excluding hydrogens is 362 g/mol. The van der Waals surface area contributed by atoms with Gasteiger partial charge in [-0.25, -0.2) is 17.5 Å². The first-order valence-corrected chi connectivity index (χ1v) is 9.04. The summed E-state index contributed by atoms with van der Waals surface area (Å²) >= 11 is 12.0. The van der Waals surface area contributed by atoms with Crippen molar-refractivity contribution in [3.8, 4) is 5.69 Å². The van der Waals surface area contributed by atoms with E-state index in [0.717, 1.165) is 17.5 Å². The Balaban J connectivity index is 2.31. The minimum absolute atomic E-state index is 0.0298. The van der Waals surface area contributed by atoms with Crippen LogP contribution in [0.25, 0.3) is 5.69 Å². The molecule has 0 aliphatic heterocycles. The van der Waals surface area contributed by atoms with Crippen LogP contribution in [0.4, 0.5) is 4.39 Å². The molecule has 3 rings (SSSR count). The van der Waals surface area contributed by atoms with Crippen LogP contribution in [0.2, 0.25) is 10.2 Å². The third-order valence-corrected chi connectivity index (χ3v) is 5.29. The summed E-state index contributed by atoms with van der Waals surface area (Å²) in [7, 11) is 1.34.